The molecule has 2 aromatic rings. The normalized spacial score (nSPS) is 20.6. The molecule has 0 aliphatic carbocycles. The molecule has 1 fully saturated rings. The minimum absolute atomic E-state index is 0.173. The van der Waals surface area contributed by atoms with E-state index >= 15 is 0 Å². The van der Waals surface area contributed by atoms with Crippen molar-refractivity contribution in [1.82, 2.24) is 4.57 Å². The lowest BCUT2D eigenvalue weighted by atomic mass is 9.92. The highest BCUT2D eigenvalue weighted by Crippen LogP contribution is 2.25. The minimum atomic E-state index is -0.287. The van der Waals surface area contributed by atoms with E-state index < -0.39 is 0 Å². The first-order valence-corrected chi connectivity index (χ1v) is 9.35. The van der Waals surface area contributed by atoms with Crippen molar-refractivity contribution in [3.8, 4) is 0 Å². The van der Waals surface area contributed by atoms with Crippen LogP contribution >= 0.6 is 0 Å². The van der Waals surface area contributed by atoms with Gasteiger partial charge >= 0.3 is 5.97 Å². The topological polar surface area (TPSA) is 62.0 Å². The van der Waals surface area contributed by atoms with Crippen LogP contribution in [0.4, 0.5) is 0 Å². The quantitative estimate of drug-likeness (QED) is 0.762. The molecular weight excluding hydrogens is 344 g/mol. The molecule has 142 valence electrons. The van der Waals surface area contributed by atoms with Crippen molar-refractivity contribution >= 4 is 22.6 Å². The predicted octanol–water partition coefficient (Wildman–Crippen LogP) is 2.94. The number of aromatic nitrogens is 1. The summed E-state index contributed by atoms with van der Waals surface area (Å²) in [6, 6.07) is 8.46. The molecule has 1 unspecified atom stereocenters. The fourth-order valence-corrected chi connectivity index (χ4v) is 3.70. The maximum atomic E-state index is 11.8. The number of carbonyl (C=O) groups is 1. The number of aliphatic imine (C=N–C) groups is 1. The third kappa shape index (κ3) is 3.55. The molecule has 1 atom stereocenters. The van der Waals surface area contributed by atoms with Crippen molar-refractivity contribution in [3.05, 3.63) is 47.7 Å². The molecule has 4 rings (SSSR count). The molecular formula is C21H24N2O4. The van der Waals surface area contributed by atoms with Crippen molar-refractivity contribution in [2.75, 3.05) is 26.9 Å². The second kappa shape index (κ2) is 7.66. The van der Waals surface area contributed by atoms with Gasteiger partial charge in [0, 0.05) is 22.7 Å². The van der Waals surface area contributed by atoms with E-state index in [-0.39, 0.29) is 18.2 Å². The Kier molecular flexibility index (Phi) is 5.09. The summed E-state index contributed by atoms with van der Waals surface area (Å²) in [7, 11) is 1.42. The van der Waals surface area contributed by atoms with Crippen LogP contribution in [0.25, 0.3) is 10.9 Å². The van der Waals surface area contributed by atoms with Crippen molar-refractivity contribution in [2.24, 2.45) is 10.9 Å². The number of benzene rings is 1. The zero-order valence-electron chi connectivity index (χ0n) is 15.7. The highest BCUT2D eigenvalue weighted by atomic mass is 16.7. The highest BCUT2D eigenvalue weighted by Gasteiger charge is 2.24. The van der Waals surface area contributed by atoms with Gasteiger partial charge in [0.1, 0.15) is 0 Å². The fraction of sp³-hybridized carbons (Fsp3) is 0.429. The number of esters is 1. The average molecular weight is 368 g/mol. The lowest BCUT2D eigenvalue weighted by molar-refractivity contribution is -0.143. The number of carbonyl (C=O) groups excluding carboxylic acids is 1. The van der Waals surface area contributed by atoms with Gasteiger partial charge in [-0.25, -0.2) is 0 Å². The molecule has 2 aliphatic heterocycles. The highest BCUT2D eigenvalue weighted by molar-refractivity contribution is 6.14. The third-order valence-electron chi connectivity index (χ3n) is 5.12. The Morgan fingerprint density at radius 2 is 2.11 bits per heavy atom. The molecule has 1 aromatic heterocycles. The van der Waals surface area contributed by atoms with E-state index in [1.807, 2.05) is 6.08 Å². The zero-order chi connectivity index (χ0) is 18.8. The maximum Gasteiger partial charge on any atom is 0.314 e. The molecule has 3 heterocycles. The maximum absolute atomic E-state index is 11.8. The molecule has 0 bridgehead atoms. The number of hydrogen-bond acceptors (Lipinski definition) is 5. The number of dihydropyridines is 1. The molecule has 27 heavy (non-hydrogen) atoms. The molecule has 0 N–H and O–H groups in total. The van der Waals surface area contributed by atoms with E-state index in [4.69, 9.17) is 19.2 Å². The van der Waals surface area contributed by atoms with Gasteiger partial charge in [-0.1, -0.05) is 19.1 Å². The van der Waals surface area contributed by atoms with E-state index in [1.165, 1.54) is 7.11 Å². The molecule has 6 nitrogen and oxygen atoms in total. The van der Waals surface area contributed by atoms with Gasteiger partial charge in [0.05, 0.1) is 45.0 Å². The van der Waals surface area contributed by atoms with Crippen LogP contribution in [0.3, 0.4) is 0 Å². The van der Waals surface area contributed by atoms with E-state index in [9.17, 15) is 4.79 Å². The molecule has 0 saturated carbocycles. The molecule has 1 aromatic carbocycles. The lowest BCUT2D eigenvalue weighted by Gasteiger charge is -2.19. The van der Waals surface area contributed by atoms with Crippen molar-refractivity contribution in [1.29, 1.82) is 0 Å². The summed E-state index contributed by atoms with van der Waals surface area (Å²) in [6.07, 6.45) is 4.71. The van der Waals surface area contributed by atoms with Crippen molar-refractivity contribution in [2.45, 2.75) is 26.2 Å². The fourth-order valence-electron chi connectivity index (χ4n) is 3.70. The van der Waals surface area contributed by atoms with Crippen LogP contribution < -0.4 is 0 Å². The van der Waals surface area contributed by atoms with Crippen LogP contribution in [0, 0.1) is 5.92 Å². The molecule has 6 heteroatoms. The Bertz CT molecular complexity index is 906. The summed E-state index contributed by atoms with van der Waals surface area (Å²) in [5.41, 5.74) is 4.27. The van der Waals surface area contributed by atoms with E-state index in [2.05, 4.69) is 42.0 Å². The van der Waals surface area contributed by atoms with Gasteiger partial charge in [0.2, 0.25) is 0 Å². The Morgan fingerprint density at radius 1 is 1.30 bits per heavy atom. The first-order chi connectivity index (χ1) is 13.2. The van der Waals surface area contributed by atoms with Gasteiger partial charge in [0.25, 0.3) is 0 Å². The predicted molar refractivity (Wildman–Crippen MR) is 103 cm³/mol. The van der Waals surface area contributed by atoms with Gasteiger partial charge in [-0.3, -0.25) is 9.79 Å². The van der Waals surface area contributed by atoms with Crippen LogP contribution in [-0.2, 0) is 25.5 Å². The first-order valence-electron chi connectivity index (χ1n) is 9.35. The Morgan fingerprint density at radius 3 is 2.85 bits per heavy atom. The van der Waals surface area contributed by atoms with Crippen LogP contribution in [0.2, 0.25) is 0 Å². The smallest absolute Gasteiger partial charge is 0.314 e. The molecule has 2 aliphatic rings. The summed E-state index contributed by atoms with van der Waals surface area (Å²) < 4.78 is 18.1. The van der Waals surface area contributed by atoms with Crippen LogP contribution in [0.5, 0.6) is 0 Å². The second-order valence-corrected chi connectivity index (χ2v) is 6.78. The average Bonchev–Trinajstić information content (AvgIpc) is 3.37. The zero-order valence-corrected chi connectivity index (χ0v) is 15.7. The first kappa shape index (κ1) is 17.9. The Hall–Kier alpha value is -2.44. The summed E-state index contributed by atoms with van der Waals surface area (Å²) in [5.74, 6) is -0.516. The lowest BCUT2D eigenvalue weighted by Crippen LogP contribution is -2.23. The van der Waals surface area contributed by atoms with Crippen molar-refractivity contribution in [3.63, 3.8) is 0 Å². The third-order valence-corrected chi connectivity index (χ3v) is 5.12. The van der Waals surface area contributed by atoms with E-state index in [1.54, 1.807) is 0 Å². The largest absolute Gasteiger partial charge is 0.469 e. The summed E-state index contributed by atoms with van der Waals surface area (Å²) in [5, 5.41) is 1.15. The molecule has 0 amide bonds. The Balaban J connectivity index is 1.59. The number of fused-ring (bicyclic) bond motifs is 1. The van der Waals surface area contributed by atoms with Gasteiger partial charge in [-0.15, -0.1) is 0 Å². The number of hydrogen-bond donors (Lipinski definition) is 0. The molecule has 0 radical (unpaired) electrons. The van der Waals surface area contributed by atoms with Crippen molar-refractivity contribution < 1.29 is 19.0 Å². The van der Waals surface area contributed by atoms with E-state index in [0.29, 0.717) is 26.3 Å². The number of rotatable bonds is 5. The molecule has 0 spiro atoms. The number of allylic oxidation sites excluding steroid dienone is 1. The number of nitrogens with zero attached hydrogens (tertiary/aromatic N) is 2. The van der Waals surface area contributed by atoms with Crippen LogP contribution in [0.1, 0.15) is 18.9 Å². The summed E-state index contributed by atoms with van der Waals surface area (Å²) >= 11 is 0. The van der Waals surface area contributed by atoms with Gasteiger partial charge < -0.3 is 18.8 Å². The minimum Gasteiger partial charge on any atom is -0.469 e. The SMILES string of the molecule is CCC1=CC(C(=O)OC)CN=C1c1ccc2c(ccn2CC2OCCO2)c1. The number of methoxy groups -OCH3 is 1. The second-order valence-electron chi connectivity index (χ2n) is 6.78. The number of ether oxygens (including phenoxy) is 3. The Labute approximate surface area is 158 Å². The van der Waals surface area contributed by atoms with E-state index in [0.717, 1.165) is 34.2 Å². The van der Waals surface area contributed by atoms with Gasteiger partial charge in [-0.05, 0) is 30.2 Å². The summed E-state index contributed by atoms with van der Waals surface area (Å²) in [4.78, 5) is 16.5. The monoisotopic (exact) mass is 368 g/mol. The standard InChI is InChI=1S/C21H24N2O4/c1-3-14-10-17(21(24)25-2)12-22-20(14)16-4-5-18-15(11-16)6-7-23(18)13-19-26-8-9-27-19/h4-7,10-11,17,19H,3,8-9,12-13H2,1-2H3. The van der Waals surface area contributed by atoms with Gasteiger partial charge in [0.15, 0.2) is 6.29 Å². The van der Waals surface area contributed by atoms with Gasteiger partial charge in [-0.2, -0.15) is 0 Å². The summed E-state index contributed by atoms with van der Waals surface area (Å²) in [6.45, 7) is 4.52. The van der Waals surface area contributed by atoms with Crippen LogP contribution in [-0.4, -0.2) is 49.4 Å². The van der Waals surface area contributed by atoms with Crippen LogP contribution in [0.15, 0.2) is 47.1 Å². The molecule has 1 saturated heterocycles.